The second kappa shape index (κ2) is 7.56. The van der Waals surface area contributed by atoms with Gasteiger partial charge in [0.25, 0.3) is 0 Å². The third-order valence-corrected chi connectivity index (χ3v) is 3.30. The second-order valence-corrected chi connectivity index (χ2v) is 5.32. The zero-order valence-electron chi connectivity index (χ0n) is 12.7. The summed E-state index contributed by atoms with van der Waals surface area (Å²) in [6, 6.07) is 12.0. The predicted octanol–water partition coefficient (Wildman–Crippen LogP) is 3.22. The maximum absolute atomic E-state index is 5.41. The van der Waals surface area contributed by atoms with Crippen molar-refractivity contribution in [3.8, 4) is 5.75 Å². The summed E-state index contributed by atoms with van der Waals surface area (Å²) < 4.78 is 5.41. The molecule has 2 rings (SSSR count). The van der Waals surface area contributed by atoms with Crippen molar-refractivity contribution in [2.75, 3.05) is 13.7 Å². The Morgan fingerprint density at radius 1 is 1.32 bits per heavy atom. The van der Waals surface area contributed by atoms with Crippen LogP contribution in [0.1, 0.15) is 12.5 Å². The lowest BCUT2D eigenvalue weighted by atomic mass is 10.0. The van der Waals surface area contributed by atoms with Gasteiger partial charge in [0.2, 0.25) is 0 Å². The smallest absolute Gasteiger partial charge is 0.187 e. The number of nitrogens with zero attached hydrogens (tertiary/aromatic N) is 1. The molecule has 22 heavy (non-hydrogen) atoms. The molecule has 0 spiro atoms. The molecule has 0 unspecified atom stereocenters. The first-order valence-corrected chi connectivity index (χ1v) is 7.29. The van der Waals surface area contributed by atoms with Crippen LogP contribution >= 0.6 is 12.2 Å². The van der Waals surface area contributed by atoms with Crippen molar-refractivity contribution in [1.82, 2.24) is 10.7 Å². The van der Waals surface area contributed by atoms with E-state index in [0.717, 1.165) is 27.7 Å². The summed E-state index contributed by atoms with van der Waals surface area (Å²) in [6.07, 6.45) is 1.72. The second-order valence-electron chi connectivity index (χ2n) is 4.91. The largest absolute Gasteiger partial charge is 0.496 e. The van der Waals surface area contributed by atoms with E-state index in [2.05, 4.69) is 28.5 Å². The standard InChI is InChI=1S/C17H19N3OS/c1-12(2)10-18-17(22)20-19-11-15-14-7-5-4-6-13(14)8-9-16(15)21-3/h4-9,11H,1,10H2,2-3H3,(H2,18,20,22)/b19-11+. The number of hydrazone groups is 1. The minimum Gasteiger partial charge on any atom is -0.496 e. The Labute approximate surface area is 135 Å². The molecule has 0 bridgehead atoms. The molecule has 2 aromatic carbocycles. The first-order valence-electron chi connectivity index (χ1n) is 6.89. The zero-order valence-corrected chi connectivity index (χ0v) is 13.5. The van der Waals surface area contributed by atoms with Crippen molar-refractivity contribution in [1.29, 1.82) is 0 Å². The van der Waals surface area contributed by atoms with Crippen LogP contribution in [-0.4, -0.2) is 25.0 Å². The fourth-order valence-corrected chi connectivity index (χ4v) is 2.14. The minimum atomic E-state index is 0.457. The molecule has 2 N–H and O–H groups in total. The molecule has 0 aliphatic carbocycles. The highest BCUT2D eigenvalue weighted by molar-refractivity contribution is 7.80. The lowest BCUT2D eigenvalue weighted by molar-refractivity contribution is 0.415. The highest BCUT2D eigenvalue weighted by Crippen LogP contribution is 2.26. The number of methoxy groups -OCH3 is 1. The van der Waals surface area contributed by atoms with Gasteiger partial charge >= 0.3 is 0 Å². The first-order chi connectivity index (χ1) is 10.6. The van der Waals surface area contributed by atoms with Gasteiger partial charge in [0.05, 0.1) is 13.3 Å². The number of nitrogens with one attached hydrogen (secondary N) is 2. The number of hydrogen-bond donors (Lipinski definition) is 2. The number of rotatable bonds is 5. The van der Waals surface area contributed by atoms with Gasteiger partial charge in [-0.3, -0.25) is 5.43 Å². The average molecular weight is 313 g/mol. The Hall–Kier alpha value is -2.40. The van der Waals surface area contributed by atoms with E-state index < -0.39 is 0 Å². The van der Waals surface area contributed by atoms with Crippen molar-refractivity contribution in [3.05, 3.63) is 54.1 Å². The molecule has 114 valence electrons. The molecule has 0 aliphatic rings. The summed E-state index contributed by atoms with van der Waals surface area (Å²) in [5, 5.41) is 9.87. The number of fused-ring (bicyclic) bond motifs is 1. The SMILES string of the molecule is C=C(C)CNC(=S)N/N=C/c1c(OC)ccc2ccccc12. The van der Waals surface area contributed by atoms with Gasteiger partial charge in [0.1, 0.15) is 5.75 Å². The van der Waals surface area contributed by atoms with Crippen LogP contribution in [0.4, 0.5) is 0 Å². The molecule has 0 radical (unpaired) electrons. The van der Waals surface area contributed by atoms with E-state index in [-0.39, 0.29) is 0 Å². The summed E-state index contributed by atoms with van der Waals surface area (Å²) in [5.41, 5.74) is 4.71. The molecule has 5 heteroatoms. The van der Waals surface area contributed by atoms with Crippen LogP contribution < -0.4 is 15.5 Å². The fourth-order valence-electron chi connectivity index (χ4n) is 2.01. The average Bonchev–Trinajstić information content (AvgIpc) is 2.53. The van der Waals surface area contributed by atoms with Crippen LogP contribution in [0, 0.1) is 0 Å². The summed E-state index contributed by atoms with van der Waals surface area (Å²) in [4.78, 5) is 0. The number of benzene rings is 2. The van der Waals surface area contributed by atoms with Crippen molar-refractivity contribution >= 4 is 34.3 Å². The van der Waals surface area contributed by atoms with Gasteiger partial charge in [-0.15, -0.1) is 0 Å². The Morgan fingerprint density at radius 2 is 2.09 bits per heavy atom. The molecule has 4 nitrogen and oxygen atoms in total. The highest BCUT2D eigenvalue weighted by atomic mass is 32.1. The monoisotopic (exact) mass is 313 g/mol. The molecule has 0 aromatic heterocycles. The van der Waals surface area contributed by atoms with E-state index in [9.17, 15) is 0 Å². The quantitative estimate of drug-likeness (QED) is 0.385. The van der Waals surface area contributed by atoms with Crippen LogP contribution in [0.15, 0.2) is 53.7 Å². The van der Waals surface area contributed by atoms with Gasteiger partial charge in [-0.2, -0.15) is 5.10 Å². The zero-order chi connectivity index (χ0) is 15.9. The molecule has 0 amide bonds. The van der Waals surface area contributed by atoms with E-state index in [4.69, 9.17) is 17.0 Å². The molecule has 0 atom stereocenters. The Balaban J connectivity index is 2.17. The normalized spacial score (nSPS) is 10.6. The van der Waals surface area contributed by atoms with E-state index in [1.165, 1.54) is 0 Å². The van der Waals surface area contributed by atoms with Crippen LogP contribution in [0.2, 0.25) is 0 Å². The molecule has 0 aliphatic heterocycles. The summed E-state index contributed by atoms with van der Waals surface area (Å²) in [5.74, 6) is 0.769. The topological polar surface area (TPSA) is 45.7 Å². The predicted molar refractivity (Wildman–Crippen MR) is 96.6 cm³/mol. The number of thiocarbonyl (C=S) groups is 1. The summed E-state index contributed by atoms with van der Waals surface area (Å²) in [7, 11) is 1.65. The fraction of sp³-hybridized carbons (Fsp3) is 0.176. The van der Waals surface area contributed by atoms with Gasteiger partial charge in [-0.05, 0) is 36.0 Å². The van der Waals surface area contributed by atoms with E-state index in [1.807, 2.05) is 37.3 Å². The van der Waals surface area contributed by atoms with Crippen molar-refractivity contribution < 1.29 is 4.74 Å². The third kappa shape index (κ3) is 4.05. The van der Waals surface area contributed by atoms with Gasteiger partial charge < -0.3 is 10.1 Å². The molecule has 0 heterocycles. The van der Waals surface area contributed by atoms with Gasteiger partial charge in [0, 0.05) is 12.1 Å². The van der Waals surface area contributed by atoms with Crippen LogP contribution in [-0.2, 0) is 0 Å². The molecule has 2 aromatic rings. The third-order valence-electron chi connectivity index (χ3n) is 3.06. The number of ether oxygens (including phenoxy) is 1. The Bertz CT molecular complexity index is 725. The highest BCUT2D eigenvalue weighted by Gasteiger charge is 2.05. The minimum absolute atomic E-state index is 0.457. The van der Waals surface area contributed by atoms with Crippen LogP contribution in [0.25, 0.3) is 10.8 Å². The molecule has 0 fully saturated rings. The lowest BCUT2D eigenvalue weighted by Gasteiger charge is -2.09. The van der Waals surface area contributed by atoms with Crippen molar-refractivity contribution in [3.63, 3.8) is 0 Å². The maximum Gasteiger partial charge on any atom is 0.187 e. The summed E-state index contributed by atoms with van der Waals surface area (Å²) >= 11 is 5.14. The molecule has 0 saturated carbocycles. The van der Waals surface area contributed by atoms with Gasteiger partial charge in [0.15, 0.2) is 5.11 Å². The van der Waals surface area contributed by atoms with Crippen LogP contribution in [0.5, 0.6) is 5.75 Å². The lowest BCUT2D eigenvalue weighted by Crippen LogP contribution is -2.32. The van der Waals surface area contributed by atoms with E-state index in [1.54, 1.807) is 13.3 Å². The number of hydrogen-bond acceptors (Lipinski definition) is 3. The Kier molecular flexibility index (Phi) is 5.49. The summed E-state index contributed by atoms with van der Waals surface area (Å²) in [6.45, 7) is 6.36. The first kappa shape index (κ1) is 16.0. The molecule has 0 saturated heterocycles. The molecular formula is C17H19N3OS. The van der Waals surface area contributed by atoms with Crippen LogP contribution in [0.3, 0.4) is 0 Å². The van der Waals surface area contributed by atoms with Gasteiger partial charge in [-0.25, -0.2) is 0 Å². The van der Waals surface area contributed by atoms with Gasteiger partial charge in [-0.1, -0.05) is 42.5 Å². The maximum atomic E-state index is 5.41. The molecular weight excluding hydrogens is 294 g/mol. The van der Waals surface area contributed by atoms with E-state index >= 15 is 0 Å². The van der Waals surface area contributed by atoms with Crippen molar-refractivity contribution in [2.45, 2.75) is 6.92 Å². The Morgan fingerprint density at radius 3 is 2.82 bits per heavy atom. The van der Waals surface area contributed by atoms with E-state index in [0.29, 0.717) is 11.7 Å². The van der Waals surface area contributed by atoms with Crippen molar-refractivity contribution in [2.24, 2.45) is 5.10 Å².